The number of imidazole rings is 1. The van der Waals surface area contributed by atoms with E-state index in [1.165, 1.54) is 0 Å². The summed E-state index contributed by atoms with van der Waals surface area (Å²) in [7, 11) is 0. The van der Waals surface area contributed by atoms with Gasteiger partial charge in [-0.3, -0.25) is 0 Å². The molecule has 100 valence electrons. The lowest BCUT2D eigenvalue weighted by molar-refractivity contribution is 0.0699. The van der Waals surface area contributed by atoms with Crippen LogP contribution in [0.5, 0.6) is 0 Å². The van der Waals surface area contributed by atoms with Crippen molar-refractivity contribution in [3.8, 4) is 0 Å². The standard InChI is InChI=1S/C14H16N2O3/c1-9-15-12-10(13(18)19)3-2-4-11(12)16(9)7-14(8-17)5-6-14/h2-4,17H,5-8H2,1H3,(H,18,19). The zero-order chi connectivity index (χ0) is 13.6. The molecule has 0 unspecified atom stereocenters. The lowest BCUT2D eigenvalue weighted by Gasteiger charge is -2.14. The molecule has 0 radical (unpaired) electrons. The molecule has 0 saturated heterocycles. The molecule has 1 aliphatic rings. The van der Waals surface area contributed by atoms with E-state index in [-0.39, 0.29) is 17.6 Å². The third-order valence-corrected chi connectivity index (χ3v) is 3.99. The van der Waals surface area contributed by atoms with Gasteiger partial charge in [0.05, 0.1) is 17.7 Å². The van der Waals surface area contributed by atoms with Crippen molar-refractivity contribution in [3.63, 3.8) is 0 Å². The van der Waals surface area contributed by atoms with Crippen molar-refractivity contribution >= 4 is 17.0 Å². The van der Waals surface area contributed by atoms with Gasteiger partial charge in [0, 0.05) is 12.0 Å². The molecule has 1 fully saturated rings. The number of para-hydroxylation sites is 1. The first-order valence-electron chi connectivity index (χ1n) is 6.36. The molecule has 1 heterocycles. The Labute approximate surface area is 110 Å². The van der Waals surface area contributed by atoms with Crippen LogP contribution in [0.15, 0.2) is 18.2 Å². The van der Waals surface area contributed by atoms with Gasteiger partial charge >= 0.3 is 5.97 Å². The molecule has 2 N–H and O–H groups in total. The van der Waals surface area contributed by atoms with Crippen LogP contribution in [0.1, 0.15) is 29.0 Å². The second-order valence-electron chi connectivity index (χ2n) is 5.38. The Morgan fingerprint density at radius 2 is 2.21 bits per heavy atom. The molecule has 1 aromatic heterocycles. The minimum Gasteiger partial charge on any atom is -0.478 e. The van der Waals surface area contributed by atoms with Gasteiger partial charge < -0.3 is 14.8 Å². The predicted octanol–water partition coefficient (Wildman–Crippen LogP) is 1.82. The van der Waals surface area contributed by atoms with Gasteiger partial charge in [0.25, 0.3) is 0 Å². The van der Waals surface area contributed by atoms with Gasteiger partial charge in [0.1, 0.15) is 11.3 Å². The summed E-state index contributed by atoms with van der Waals surface area (Å²) in [6.07, 6.45) is 2.03. The summed E-state index contributed by atoms with van der Waals surface area (Å²) >= 11 is 0. The van der Waals surface area contributed by atoms with Gasteiger partial charge in [-0.1, -0.05) is 6.07 Å². The van der Waals surface area contributed by atoms with Crippen LogP contribution in [0.25, 0.3) is 11.0 Å². The lowest BCUT2D eigenvalue weighted by Crippen LogP contribution is -2.16. The van der Waals surface area contributed by atoms with Crippen molar-refractivity contribution in [2.75, 3.05) is 6.61 Å². The van der Waals surface area contributed by atoms with Gasteiger partial charge in [-0.25, -0.2) is 9.78 Å². The van der Waals surface area contributed by atoms with Crippen LogP contribution in [0.2, 0.25) is 0 Å². The maximum Gasteiger partial charge on any atom is 0.337 e. The van der Waals surface area contributed by atoms with Crippen molar-refractivity contribution in [3.05, 3.63) is 29.6 Å². The number of hydrogen-bond donors (Lipinski definition) is 2. The molecule has 5 nitrogen and oxygen atoms in total. The minimum atomic E-state index is -0.960. The molecule has 1 aliphatic carbocycles. The molecule has 0 spiro atoms. The zero-order valence-electron chi connectivity index (χ0n) is 10.8. The third kappa shape index (κ3) is 1.90. The molecule has 2 aromatic rings. The summed E-state index contributed by atoms with van der Waals surface area (Å²) in [6.45, 7) is 2.75. The van der Waals surface area contributed by atoms with Crippen LogP contribution < -0.4 is 0 Å². The van der Waals surface area contributed by atoms with Gasteiger partial charge in [-0.15, -0.1) is 0 Å². The van der Waals surface area contributed by atoms with Gasteiger partial charge in [-0.05, 0) is 31.9 Å². The molecule has 0 bridgehead atoms. The van der Waals surface area contributed by atoms with Crippen LogP contribution in [-0.2, 0) is 6.54 Å². The van der Waals surface area contributed by atoms with Crippen LogP contribution >= 0.6 is 0 Å². The number of aliphatic hydroxyl groups excluding tert-OH is 1. The van der Waals surface area contributed by atoms with Crippen molar-refractivity contribution in [2.45, 2.75) is 26.3 Å². The Morgan fingerprint density at radius 3 is 2.79 bits per heavy atom. The molecule has 19 heavy (non-hydrogen) atoms. The third-order valence-electron chi connectivity index (χ3n) is 3.99. The summed E-state index contributed by atoms with van der Waals surface area (Å²) < 4.78 is 2.02. The number of carboxylic acids is 1. The minimum absolute atomic E-state index is 0.0301. The second-order valence-corrected chi connectivity index (χ2v) is 5.38. The number of carboxylic acid groups (broad SMARTS) is 1. The summed E-state index contributed by atoms with van der Waals surface area (Å²) in [5.74, 6) is -0.165. The molecule has 5 heteroatoms. The van der Waals surface area contributed by atoms with Crippen LogP contribution in [-0.4, -0.2) is 32.3 Å². The Kier molecular flexibility index (Phi) is 2.60. The first kappa shape index (κ1) is 12.2. The fourth-order valence-corrected chi connectivity index (χ4v) is 2.51. The second kappa shape index (κ2) is 4.06. The lowest BCUT2D eigenvalue weighted by atomic mass is 10.1. The van der Waals surface area contributed by atoms with E-state index in [4.69, 9.17) is 0 Å². The molecule has 3 rings (SSSR count). The van der Waals surface area contributed by atoms with E-state index in [0.717, 1.165) is 24.2 Å². The van der Waals surface area contributed by atoms with E-state index in [1.54, 1.807) is 12.1 Å². The number of aliphatic hydroxyl groups is 1. The van der Waals surface area contributed by atoms with Crippen molar-refractivity contribution < 1.29 is 15.0 Å². The van der Waals surface area contributed by atoms with E-state index in [1.807, 2.05) is 17.6 Å². The predicted molar refractivity (Wildman–Crippen MR) is 70.2 cm³/mol. The fourth-order valence-electron chi connectivity index (χ4n) is 2.51. The molecular formula is C14H16N2O3. The van der Waals surface area contributed by atoms with Crippen molar-refractivity contribution in [2.24, 2.45) is 5.41 Å². The molecule has 0 amide bonds. The SMILES string of the molecule is Cc1nc2c(C(=O)O)cccc2n1CC1(CO)CC1. The smallest absolute Gasteiger partial charge is 0.337 e. The molecular weight excluding hydrogens is 244 g/mol. The number of aryl methyl sites for hydroxylation is 1. The first-order valence-corrected chi connectivity index (χ1v) is 6.36. The Morgan fingerprint density at radius 1 is 1.47 bits per heavy atom. The summed E-state index contributed by atoms with van der Waals surface area (Å²) in [5, 5.41) is 18.6. The van der Waals surface area contributed by atoms with Gasteiger partial charge in [-0.2, -0.15) is 0 Å². The highest BCUT2D eigenvalue weighted by atomic mass is 16.4. The largest absolute Gasteiger partial charge is 0.478 e. The van der Waals surface area contributed by atoms with Crippen molar-refractivity contribution in [1.29, 1.82) is 0 Å². The van der Waals surface area contributed by atoms with Crippen LogP contribution in [0.3, 0.4) is 0 Å². The average molecular weight is 260 g/mol. The maximum absolute atomic E-state index is 11.2. The number of nitrogens with zero attached hydrogens (tertiary/aromatic N) is 2. The number of aromatic carboxylic acids is 1. The number of hydrogen-bond acceptors (Lipinski definition) is 3. The highest BCUT2D eigenvalue weighted by Gasteiger charge is 2.42. The summed E-state index contributed by atoms with van der Waals surface area (Å²) in [4.78, 5) is 15.6. The zero-order valence-corrected chi connectivity index (χ0v) is 10.8. The number of carbonyl (C=O) groups is 1. The highest BCUT2D eigenvalue weighted by molar-refractivity contribution is 6.01. The topological polar surface area (TPSA) is 75.3 Å². The molecule has 0 aliphatic heterocycles. The molecule has 1 aromatic carbocycles. The molecule has 0 atom stereocenters. The Bertz CT molecular complexity index is 656. The monoisotopic (exact) mass is 260 g/mol. The number of fused-ring (bicyclic) bond motifs is 1. The number of aromatic nitrogens is 2. The van der Waals surface area contributed by atoms with E-state index in [0.29, 0.717) is 12.1 Å². The highest BCUT2D eigenvalue weighted by Crippen LogP contribution is 2.47. The maximum atomic E-state index is 11.2. The van der Waals surface area contributed by atoms with Gasteiger partial charge in [0.2, 0.25) is 0 Å². The first-order chi connectivity index (χ1) is 9.06. The summed E-state index contributed by atoms with van der Waals surface area (Å²) in [5.41, 5.74) is 1.56. The van der Waals surface area contributed by atoms with E-state index in [9.17, 15) is 15.0 Å². The normalized spacial score (nSPS) is 16.7. The Balaban J connectivity index is 2.12. The van der Waals surface area contributed by atoms with Gasteiger partial charge in [0.15, 0.2) is 0 Å². The summed E-state index contributed by atoms with van der Waals surface area (Å²) in [6, 6.07) is 5.19. The van der Waals surface area contributed by atoms with E-state index >= 15 is 0 Å². The number of benzene rings is 1. The fraction of sp³-hybridized carbons (Fsp3) is 0.429. The van der Waals surface area contributed by atoms with E-state index in [2.05, 4.69) is 4.98 Å². The molecule has 1 saturated carbocycles. The van der Waals surface area contributed by atoms with Crippen molar-refractivity contribution in [1.82, 2.24) is 9.55 Å². The quantitative estimate of drug-likeness (QED) is 0.879. The van der Waals surface area contributed by atoms with Crippen LogP contribution in [0.4, 0.5) is 0 Å². The van der Waals surface area contributed by atoms with E-state index < -0.39 is 5.97 Å². The number of rotatable bonds is 4. The average Bonchev–Trinajstić information content (AvgIpc) is 3.09. The van der Waals surface area contributed by atoms with Crippen LogP contribution in [0, 0.1) is 12.3 Å². The Hall–Kier alpha value is -1.88.